The van der Waals surface area contributed by atoms with Crippen LogP contribution in [-0.4, -0.2) is 4.98 Å². The molecule has 9 rings (SSSR count). The Kier molecular flexibility index (Phi) is 7.55. The minimum atomic E-state index is -0.00889. The quantitative estimate of drug-likeness (QED) is 0.174. The number of fused-ring (bicyclic) bond motifs is 3. The molecule has 1 nitrogen and oxygen atoms in total. The molecule has 0 bridgehead atoms. The first-order valence-corrected chi connectivity index (χ1v) is 17.7. The molecule has 8 aromatic rings. The summed E-state index contributed by atoms with van der Waals surface area (Å²) in [5.74, 6) is 0. The summed E-state index contributed by atoms with van der Waals surface area (Å²) in [7, 11) is 0. The van der Waals surface area contributed by atoms with Crippen molar-refractivity contribution < 1.29 is 0 Å². The third kappa shape index (κ3) is 5.58. The van der Waals surface area contributed by atoms with Crippen LogP contribution >= 0.6 is 0 Å². The molecule has 0 amide bonds. The number of rotatable bonds is 6. The van der Waals surface area contributed by atoms with Crippen LogP contribution in [0.25, 0.3) is 78.1 Å². The topological polar surface area (TPSA) is 12.9 Å². The molecule has 0 N–H and O–H groups in total. The van der Waals surface area contributed by atoms with Gasteiger partial charge in [0, 0.05) is 16.5 Å². The fourth-order valence-corrected chi connectivity index (χ4v) is 7.81. The van der Waals surface area contributed by atoms with Crippen LogP contribution < -0.4 is 0 Å². The van der Waals surface area contributed by atoms with Crippen LogP contribution in [0.15, 0.2) is 188 Å². The maximum Gasteiger partial charge on any atom is 0.0715 e. The van der Waals surface area contributed by atoms with Crippen molar-refractivity contribution in [2.45, 2.75) is 19.3 Å². The van der Waals surface area contributed by atoms with Crippen LogP contribution in [0.2, 0.25) is 0 Å². The number of hydrogen-bond acceptors (Lipinski definition) is 1. The Morgan fingerprint density at radius 2 is 0.784 bits per heavy atom. The van der Waals surface area contributed by atoms with Gasteiger partial charge in [0.15, 0.2) is 0 Å². The molecular weight excluding hydrogens is 615 g/mol. The van der Waals surface area contributed by atoms with Gasteiger partial charge < -0.3 is 0 Å². The molecule has 1 heterocycles. The fourth-order valence-electron chi connectivity index (χ4n) is 7.81. The van der Waals surface area contributed by atoms with E-state index in [0.717, 1.165) is 33.6 Å². The van der Waals surface area contributed by atoms with Crippen molar-refractivity contribution in [3.8, 4) is 78.1 Å². The molecule has 0 fully saturated rings. The van der Waals surface area contributed by atoms with Crippen LogP contribution in [0, 0.1) is 0 Å². The number of hydrogen-bond donors (Lipinski definition) is 0. The molecule has 0 saturated heterocycles. The number of aromatic nitrogens is 1. The van der Waals surface area contributed by atoms with Crippen molar-refractivity contribution in [1.82, 2.24) is 4.98 Å². The third-order valence-electron chi connectivity index (χ3n) is 10.5. The van der Waals surface area contributed by atoms with Crippen LogP contribution in [0.4, 0.5) is 0 Å². The average molecular weight is 652 g/mol. The summed E-state index contributed by atoms with van der Waals surface area (Å²) in [6.45, 7) is 4.68. The summed E-state index contributed by atoms with van der Waals surface area (Å²) >= 11 is 0. The monoisotopic (exact) mass is 651 g/mol. The smallest absolute Gasteiger partial charge is 0.0715 e. The van der Waals surface area contributed by atoms with E-state index in [2.05, 4.69) is 202 Å². The van der Waals surface area contributed by atoms with Gasteiger partial charge >= 0.3 is 0 Å². The Morgan fingerprint density at radius 1 is 0.294 bits per heavy atom. The summed E-state index contributed by atoms with van der Waals surface area (Å²) in [6.07, 6.45) is 0. The highest BCUT2D eigenvalue weighted by molar-refractivity contribution is 5.90. The fraction of sp³-hybridized carbons (Fsp3) is 0.0600. The van der Waals surface area contributed by atoms with Crippen molar-refractivity contribution in [2.24, 2.45) is 0 Å². The molecule has 51 heavy (non-hydrogen) atoms. The van der Waals surface area contributed by atoms with Gasteiger partial charge in [0.2, 0.25) is 0 Å². The highest BCUT2D eigenvalue weighted by Gasteiger charge is 2.35. The average Bonchev–Trinajstić information content (AvgIpc) is 3.44. The second-order valence-electron chi connectivity index (χ2n) is 14.0. The first-order chi connectivity index (χ1) is 25.0. The Morgan fingerprint density at radius 3 is 1.47 bits per heavy atom. The van der Waals surface area contributed by atoms with E-state index < -0.39 is 0 Å². The standard InChI is InChI=1S/C50H37N/c1-50(2)46-24-13-12-23-43(46)45-31-38(26-28-47(45)50)37-21-14-22-40(29-37)44-30-39(25-27-42(44)34-15-6-3-7-16-34)41-32-48(35-17-8-4-9-18-35)51-49(33-41)36-19-10-5-11-20-36/h3-33H,1-2H3. The van der Waals surface area contributed by atoms with Gasteiger partial charge in [0.05, 0.1) is 11.4 Å². The van der Waals surface area contributed by atoms with Crippen LogP contribution in [0.5, 0.6) is 0 Å². The van der Waals surface area contributed by atoms with Crippen LogP contribution in [0.3, 0.4) is 0 Å². The zero-order valence-electron chi connectivity index (χ0n) is 28.8. The molecule has 0 radical (unpaired) electrons. The van der Waals surface area contributed by atoms with Gasteiger partial charge in [-0.1, -0.05) is 172 Å². The SMILES string of the molecule is CC1(C)c2ccccc2-c2cc(-c3cccc(-c4cc(-c5cc(-c6ccccc6)nc(-c6ccccc6)c5)ccc4-c4ccccc4)c3)ccc21. The van der Waals surface area contributed by atoms with Gasteiger partial charge in [-0.15, -0.1) is 0 Å². The second kappa shape index (κ2) is 12.5. The van der Waals surface area contributed by atoms with Crippen LogP contribution in [-0.2, 0) is 5.41 Å². The molecule has 1 aliphatic carbocycles. The van der Waals surface area contributed by atoms with E-state index in [9.17, 15) is 0 Å². The van der Waals surface area contributed by atoms with E-state index in [1.807, 2.05) is 0 Å². The summed E-state index contributed by atoms with van der Waals surface area (Å²) in [4.78, 5) is 5.14. The van der Waals surface area contributed by atoms with Gasteiger partial charge in [-0.2, -0.15) is 0 Å². The second-order valence-corrected chi connectivity index (χ2v) is 14.0. The molecule has 1 aromatic heterocycles. The lowest BCUT2D eigenvalue weighted by Crippen LogP contribution is -2.14. The van der Waals surface area contributed by atoms with E-state index in [1.165, 1.54) is 55.6 Å². The van der Waals surface area contributed by atoms with Crippen molar-refractivity contribution in [3.63, 3.8) is 0 Å². The molecule has 0 unspecified atom stereocenters. The molecule has 1 heteroatoms. The molecule has 7 aromatic carbocycles. The summed E-state index contributed by atoms with van der Waals surface area (Å²) in [5, 5.41) is 0. The van der Waals surface area contributed by atoms with E-state index in [0.29, 0.717) is 0 Å². The van der Waals surface area contributed by atoms with Gasteiger partial charge in [-0.05, 0) is 97.1 Å². The first-order valence-electron chi connectivity index (χ1n) is 17.7. The largest absolute Gasteiger partial charge is 0.248 e. The van der Waals surface area contributed by atoms with Gasteiger partial charge in [-0.25, -0.2) is 4.98 Å². The van der Waals surface area contributed by atoms with E-state index in [4.69, 9.17) is 4.98 Å². The van der Waals surface area contributed by atoms with E-state index in [1.54, 1.807) is 0 Å². The Balaban J connectivity index is 1.19. The lowest BCUT2D eigenvalue weighted by Gasteiger charge is -2.21. The first kappa shape index (κ1) is 30.7. The zero-order valence-corrected chi connectivity index (χ0v) is 28.8. The van der Waals surface area contributed by atoms with Crippen LogP contribution in [0.1, 0.15) is 25.0 Å². The molecule has 0 saturated carbocycles. The summed E-state index contributed by atoms with van der Waals surface area (Å²) in [5.41, 5.74) is 19.1. The normalized spacial score (nSPS) is 12.7. The number of benzene rings is 7. The lowest BCUT2D eigenvalue weighted by molar-refractivity contribution is 0.660. The predicted molar refractivity (Wildman–Crippen MR) is 214 cm³/mol. The summed E-state index contributed by atoms with van der Waals surface area (Å²) in [6, 6.07) is 68.0. The highest BCUT2D eigenvalue weighted by Crippen LogP contribution is 2.49. The Hall–Kier alpha value is -6.31. The number of pyridine rings is 1. The van der Waals surface area contributed by atoms with Gasteiger partial charge in [0.25, 0.3) is 0 Å². The maximum atomic E-state index is 5.14. The Bertz CT molecular complexity index is 2470. The third-order valence-corrected chi connectivity index (χ3v) is 10.5. The summed E-state index contributed by atoms with van der Waals surface area (Å²) < 4.78 is 0. The predicted octanol–water partition coefficient (Wildman–Crippen LogP) is 13.4. The number of nitrogens with zero attached hydrogens (tertiary/aromatic N) is 1. The molecule has 242 valence electrons. The van der Waals surface area contributed by atoms with Crippen molar-refractivity contribution in [2.75, 3.05) is 0 Å². The maximum absolute atomic E-state index is 5.14. The molecule has 1 aliphatic rings. The minimum Gasteiger partial charge on any atom is -0.248 e. The van der Waals surface area contributed by atoms with Gasteiger partial charge in [-0.3, -0.25) is 0 Å². The van der Waals surface area contributed by atoms with Gasteiger partial charge in [0.1, 0.15) is 0 Å². The van der Waals surface area contributed by atoms with Crippen molar-refractivity contribution in [3.05, 3.63) is 199 Å². The Labute approximate surface area is 300 Å². The molecule has 0 spiro atoms. The molecule has 0 atom stereocenters. The zero-order chi connectivity index (χ0) is 34.4. The van der Waals surface area contributed by atoms with E-state index >= 15 is 0 Å². The van der Waals surface area contributed by atoms with Crippen molar-refractivity contribution in [1.29, 1.82) is 0 Å². The van der Waals surface area contributed by atoms with Crippen molar-refractivity contribution >= 4 is 0 Å². The molecule has 0 aliphatic heterocycles. The minimum absolute atomic E-state index is 0.00889. The highest BCUT2D eigenvalue weighted by atomic mass is 14.7. The lowest BCUT2D eigenvalue weighted by atomic mass is 9.82. The molecular formula is C50H37N. The van der Waals surface area contributed by atoms with E-state index in [-0.39, 0.29) is 5.41 Å².